The molecule has 0 spiro atoms. The van der Waals surface area contributed by atoms with Gasteiger partial charge in [-0.1, -0.05) is 0 Å². The predicted molar refractivity (Wildman–Crippen MR) is 57.8 cm³/mol. The predicted octanol–water partition coefficient (Wildman–Crippen LogP) is 1.94. The molecule has 0 fully saturated rings. The molecule has 4 nitrogen and oxygen atoms in total. The van der Waals surface area contributed by atoms with Crippen molar-refractivity contribution in [1.82, 2.24) is 0 Å². The van der Waals surface area contributed by atoms with Gasteiger partial charge < -0.3 is 4.89 Å². The van der Waals surface area contributed by atoms with Gasteiger partial charge in [0, 0.05) is 12.8 Å². The molecule has 0 radical (unpaired) electrons. The highest BCUT2D eigenvalue weighted by Crippen LogP contribution is 2.46. The van der Waals surface area contributed by atoms with E-state index in [1.165, 1.54) is 0 Å². The Morgan fingerprint density at radius 1 is 1.20 bits per heavy atom. The summed E-state index contributed by atoms with van der Waals surface area (Å²) >= 11 is 0. The zero-order chi connectivity index (χ0) is 11.9. The van der Waals surface area contributed by atoms with Gasteiger partial charge >= 0.3 is 7.82 Å². The second kappa shape index (κ2) is 6.67. The van der Waals surface area contributed by atoms with Crippen LogP contribution < -0.4 is 0 Å². The van der Waals surface area contributed by atoms with Crippen LogP contribution in [0.5, 0.6) is 0 Å². The van der Waals surface area contributed by atoms with Crippen LogP contribution >= 0.6 is 7.82 Å². The van der Waals surface area contributed by atoms with E-state index in [0.29, 0.717) is 0 Å². The Morgan fingerprint density at radius 2 is 1.53 bits per heavy atom. The second-order valence-electron chi connectivity index (χ2n) is 3.12. The van der Waals surface area contributed by atoms with Gasteiger partial charge in [-0.3, -0.25) is 9.05 Å². The number of phosphoric acid groups is 1. The molecule has 0 aliphatic rings. The fourth-order valence-electron chi connectivity index (χ4n) is 0.886. The smallest absolute Gasteiger partial charge is 0.302 e. The summed E-state index contributed by atoms with van der Waals surface area (Å²) in [5.74, 6) is 4.65. The Hall–Kier alpha value is -0.770. The van der Waals surface area contributed by atoms with Crippen molar-refractivity contribution in [2.24, 2.45) is 0 Å². The SMILES string of the molecule is C#CCC(C)OP(=O)(O)OC(C)CC#C. The summed E-state index contributed by atoms with van der Waals surface area (Å²) in [6.45, 7) is 3.19. The quantitative estimate of drug-likeness (QED) is 0.559. The first-order chi connectivity index (χ1) is 6.91. The Morgan fingerprint density at radius 3 is 1.80 bits per heavy atom. The molecule has 0 saturated carbocycles. The summed E-state index contributed by atoms with van der Waals surface area (Å²) in [5.41, 5.74) is 0. The van der Waals surface area contributed by atoms with Gasteiger partial charge in [0.1, 0.15) is 0 Å². The van der Waals surface area contributed by atoms with E-state index >= 15 is 0 Å². The van der Waals surface area contributed by atoms with Crippen LogP contribution in [0.3, 0.4) is 0 Å². The molecule has 0 aromatic carbocycles. The van der Waals surface area contributed by atoms with E-state index in [9.17, 15) is 9.46 Å². The number of phosphoric ester groups is 1. The van der Waals surface area contributed by atoms with Crippen molar-refractivity contribution < 1.29 is 18.5 Å². The topological polar surface area (TPSA) is 55.8 Å². The molecule has 2 unspecified atom stereocenters. The zero-order valence-corrected chi connectivity index (χ0v) is 9.74. The van der Waals surface area contributed by atoms with Gasteiger partial charge in [0.15, 0.2) is 0 Å². The normalized spacial score (nSPS) is 18.2. The van der Waals surface area contributed by atoms with Crippen LogP contribution in [0.2, 0.25) is 0 Å². The van der Waals surface area contributed by atoms with E-state index in [-0.39, 0.29) is 12.8 Å². The average Bonchev–Trinajstić information content (AvgIpc) is 2.01. The van der Waals surface area contributed by atoms with Crippen LogP contribution in [-0.2, 0) is 13.6 Å². The Kier molecular flexibility index (Phi) is 6.32. The number of terminal acetylenes is 2. The fourth-order valence-corrected chi connectivity index (χ4v) is 1.99. The summed E-state index contributed by atoms with van der Waals surface area (Å²) in [6, 6.07) is 0. The van der Waals surface area contributed by atoms with E-state index in [1.807, 2.05) is 0 Å². The number of rotatable bonds is 6. The lowest BCUT2D eigenvalue weighted by Gasteiger charge is -2.18. The first-order valence-electron chi connectivity index (χ1n) is 4.47. The van der Waals surface area contributed by atoms with Gasteiger partial charge in [-0.05, 0) is 13.8 Å². The van der Waals surface area contributed by atoms with E-state index < -0.39 is 20.0 Å². The van der Waals surface area contributed by atoms with Crippen LogP contribution in [0.15, 0.2) is 0 Å². The minimum absolute atomic E-state index is 0.247. The molecule has 5 heteroatoms. The largest absolute Gasteiger partial charge is 0.472 e. The molecule has 0 bridgehead atoms. The molecule has 0 heterocycles. The molecule has 1 N–H and O–H groups in total. The standard InChI is InChI=1S/C10H15O4P/c1-5-7-9(3)13-15(11,12)14-10(4)8-6-2/h1-2,9-10H,7-8H2,3-4H3,(H,11,12). The van der Waals surface area contributed by atoms with E-state index in [4.69, 9.17) is 21.9 Å². The van der Waals surface area contributed by atoms with Gasteiger partial charge in [0.2, 0.25) is 0 Å². The molecule has 84 valence electrons. The van der Waals surface area contributed by atoms with Crippen LogP contribution in [0.4, 0.5) is 0 Å². The van der Waals surface area contributed by atoms with Crippen LogP contribution in [-0.4, -0.2) is 17.1 Å². The van der Waals surface area contributed by atoms with Gasteiger partial charge in [-0.15, -0.1) is 24.7 Å². The van der Waals surface area contributed by atoms with Crippen molar-refractivity contribution in [3.8, 4) is 24.7 Å². The third-order valence-corrected chi connectivity index (χ3v) is 2.69. The minimum atomic E-state index is -4.06. The molecule has 0 aromatic heterocycles. The maximum atomic E-state index is 11.4. The fraction of sp³-hybridized carbons (Fsp3) is 0.600. The van der Waals surface area contributed by atoms with Crippen LogP contribution in [0.25, 0.3) is 0 Å². The first kappa shape index (κ1) is 14.2. The highest BCUT2D eigenvalue weighted by atomic mass is 31.2. The summed E-state index contributed by atoms with van der Waals surface area (Å²) in [4.78, 5) is 9.28. The van der Waals surface area contributed by atoms with E-state index in [0.717, 1.165) is 0 Å². The Labute approximate surface area is 90.6 Å². The second-order valence-corrected chi connectivity index (χ2v) is 4.48. The highest BCUT2D eigenvalue weighted by molar-refractivity contribution is 7.47. The Bertz CT molecular complexity index is 284. The molecule has 0 aliphatic heterocycles. The van der Waals surface area contributed by atoms with E-state index in [2.05, 4.69) is 11.8 Å². The summed E-state index contributed by atoms with van der Waals surface area (Å²) in [5, 5.41) is 0. The molecule has 0 saturated heterocycles. The molecule has 0 aliphatic carbocycles. The third-order valence-electron chi connectivity index (χ3n) is 1.44. The van der Waals surface area contributed by atoms with Crippen molar-refractivity contribution in [3.63, 3.8) is 0 Å². The zero-order valence-electron chi connectivity index (χ0n) is 8.84. The number of hydrogen-bond acceptors (Lipinski definition) is 3. The lowest BCUT2D eigenvalue weighted by molar-refractivity contribution is 0.0894. The minimum Gasteiger partial charge on any atom is -0.302 e. The van der Waals surface area contributed by atoms with Crippen molar-refractivity contribution in [1.29, 1.82) is 0 Å². The monoisotopic (exact) mass is 230 g/mol. The summed E-state index contributed by atoms with van der Waals surface area (Å²) in [6.07, 6.45) is 9.50. The summed E-state index contributed by atoms with van der Waals surface area (Å²) < 4.78 is 20.9. The van der Waals surface area contributed by atoms with Gasteiger partial charge in [-0.2, -0.15) is 0 Å². The molecule has 0 aromatic rings. The third kappa shape index (κ3) is 7.19. The van der Waals surface area contributed by atoms with Crippen molar-refractivity contribution in [2.45, 2.75) is 38.9 Å². The highest BCUT2D eigenvalue weighted by Gasteiger charge is 2.26. The van der Waals surface area contributed by atoms with Gasteiger partial charge in [0.05, 0.1) is 12.2 Å². The molecular weight excluding hydrogens is 215 g/mol. The summed E-state index contributed by atoms with van der Waals surface area (Å²) in [7, 11) is -4.06. The van der Waals surface area contributed by atoms with Crippen molar-refractivity contribution in [2.75, 3.05) is 0 Å². The van der Waals surface area contributed by atoms with Crippen LogP contribution in [0, 0.1) is 24.7 Å². The maximum absolute atomic E-state index is 11.4. The number of hydrogen-bond donors (Lipinski definition) is 1. The van der Waals surface area contributed by atoms with Crippen molar-refractivity contribution in [3.05, 3.63) is 0 Å². The lowest BCUT2D eigenvalue weighted by atomic mass is 10.3. The molecule has 15 heavy (non-hydrogen) atoms. The molecule has 0 amide bonds. The first-order valence-corrected chi connectivity index (χ1v) is 5.97. The van der Waals surface area contributed by atoms with Gasteiger partial charge in [0.25, 0.3) is 0 Å². The van der Waals surface area contributed by atoms with Crippen LogP contribution in [0.1, 0.15) is 26.7 Å². The average molecular weight is 230 g/mol. The van der Waals surface area contributed by atoms with Gasteiger partial charge in [-0.25, -0.2) is 4.57 Å². The lowest BCUT2D eigenvalue weighted by Crippen LogP contribution is -2.11. The van der Waals surface area contributed by atoms with Crippen molar-refractivity contribution >= 4 is 7.82 Å². The maximum Gasteiger partial charge on any atom is 0.472 e. The van der Waals surface area contributed by atoms with E-state index in [1.54, 1.807) is 13.8 Å². The molecule has 2 atom stereocenters. The molecular formula is C10H15O4P. The Balaban J connectivity index is 4.14. The molecule has 0 rings (SSSR count).